The van der Waals surface area contributed by atoms with Crippen molar-refractivity contribution >= 4 is 23.4 Å². The standard InChI is InChI=1S/C24H31ClN2O3/c1-5-21(24(29)26-14-17(2)3)27(15-19-11-7-6-10-18(19)4)23(28)16-30-22-13-9-8-12-20(22)25/h6-13,17,21H,5,14-16H2,1-4H3,(H,26,29)/t21-/m0/s1. The number of amides is 2. The van der Waals surface area contributed by atoms with Gasteiger partial charge in [0.05, 0.1) is 5.02 Å². The molecular weight excluding hydrogens is 400 g/mol. The van der Waals surface area contributed by atoms with E-state index in [2.05, 4.69) is 5.32 Å². The molecule has 2 amide bonds. The molecule has 1 N–H and O–H groups in total. The summed E-state index contributed by atoms with van der Waals surface area (Å²) in [4.78, 5) is 27.6. The predicted octanol–water partition coefficient (Wildman–Crippen LogP) is 4.61. The predicted molar refractivity (Wildman–Crippen MR) is 121 cm³/mol. The number of nitrogens with one attached hydrogen (secondary N) is 1. The maximum atomic E-state index is 13.2. The minimum Gasteiger partial charge on any atom is -0.482 e. The summed E-state index contributed by atoms with van der Waals surface area (Å²) in [6.07, 6.45) is 0.508. The van der Waals surface area contributed by atoms with Crippen LogP contribution in [0.3, 0.4) is 0 Å². The molecule has 162 valence electrons. The van der Waals surface area contributed by atoms with Gasteiger partial charge >= 0.3 is 0 Å². The lowest BCUT2D eigenvalue weighted by Crippen LogP contribution is -2.50. The number of ether oxygens (including phenoxy) is 1. The second-order valence-corrected chi connectivity index (χ2v) is 8.14. The number of nitrogens with zero attached hydrogens (tertiary/aromatic N) is 1. The number of para-hydroxylation sites is 1. The van der Waals surface area contributed by atoms with Crippen LogP contribution in [-0.2, 0) is 16.1 Å². The van der Waals surface area contributed by atoms with Gasteiger partial charge in [-0.15, -0.1) is 0 Å². The van der Waals surface area contributed by atoms with E-state index in [9.17, 15) is 9.59 Å². The third-order valence-electron chi connectivity index (χ3n) is 4.86. The van der Waals surface area contributed by atoms with Crippen LogP contribution in [0, 0.1) is 12.8 Å². The summed E-state index contributed by atoms with van der Waals surface area (Å²) >= 11 is 6.13. The summed E-state index contributed by atoms with van der Waals surface area (Å²) in [6.45, 7) is 8.70. The van der Waals surface area contributed by atoms with E-state index in [1.807, 2.05) is 52.0 Å². The number of aryl methyl sites for hydroxylation is 1. The number of halogens is 1. The summed E-state index contributed by atoms with van der Waals surface area (Å²) < 4.78 is 5.67. The number of carbonyl (C=O) groups is 2. The summed E-state index contributed by atoms with van der Waals surface area (Å²) in [5, 5.41) is 3.40. The lowest BCUT2D eigenvalue weighted by Gasteiger charge is -2.31. The first-order chi connectivity index (χ1) is 14.3. The zero-order chi connectivity index (χ0) is 22.1. The van der Waals surface area contributed by atoms with Crippen molar-refractivity contribution in [3.05, 3.63) is 64.7 Å². The zero-order valence-electron chi connectivity index (χ0n) is 18.2. The normalized spacial score (nSPS) is 11.8. The summed E-state index contributed by atoms with van der Waals surface area (Å²) in [7, 11) is 0. The van der Waals surface area contributed by atoms with E-state index < -0.39 is 6.04 Å². The van der Waals surface area contributed by atoms with Crippen LogP contribution in [0.25, 0.3) is 0 Å². The van der Waals surface area contributed by atoms with E-state index in [0.29, 0.717) is 36.2 Å². The minimum absolute atomic E-state index is 0.147. The Morgan fingerprint density at radius 3 is 2.40 bits per heavy atom. The molecule has 0 spiro atoms. The molecule has 0 radical (unpaired) electrons. The van der Waals surface area contributed by atoms with Crippen molar-refractivity contribution in [3.63, 3.8) is 0 Å². The molecule has 30 heavy (non-hydrogen) atoms. The molecule has 0 bridgehead atoms. The largest absolute Gasteiger partial charge is 0.482 e. The quantitative estimate of drug-likeness (QED) is 0.598. The van der Waals surface area contributed by atoms with Crippen molar-refractivity contribution in [2.45, 2.75) is 46.7 Å². The molecule has 0 unspecified atom stereocenters. The van der Waals surface area contributed by atoms with Gasteiger partial charge in [-0.25, -0.2) is 0 Å². The Bertz CT molecular complexity index is 854. The first-order valence-corrected chi connectivity index (χ1v) is 10.7. The van der Waals surface area contributed by atoms with Crippen LogP contribution in [0.1, 0.15) is 38.3 Å². The maximum Gasteiger partial charge on any atom is 0.261 e. The number of benzene rings is 2. The molecule has 0 heterocycles. The summed E-state index contributed by atoms with van der Waals surface area (Å²) in [5.41, 5.74) is 2.07. The fraction of sp³-hybridized carbons (Fsp3) is 0.417. The topological polar surface area (TPSA) is 58.6 Å². The average molecular weight is 431 g/mol. The van der Waals surface area contributed by atoms with Crippen molar-refractivity contribution in [1.82, 2.24) is 10.2 Å². The lowest BCUT2D eigenvalue weighted by molar-refractivity contribution is -0.143. The van der Waals surface area contributed by atoms with E-state index in [4.69, 9.17) is 16.3 Å². The van der Waals surface area contributed by atoms with E-state index in [-0.39, 0.29) is 18.4 Å². The Morgan fingerprint density at radius 2 is 1.77 bits per heavy atom. The minimum atomic E-state index is -0.578. The van der Waals surface area contributed by atoms with Crippen molar-refractivity contribution in [3.8, 4) is 5.75 Å². The Hall–Kier alpha value is -2.53. The van der Waals surface area contributed by atoms with Crippen LogP contribution in [-0.4, -0.2) is 35.9 Å². The molecule has 0 saturated heterocycles. The first kappa shape index (κ1) is 23.7. The van der Waals surface area contributed by atoms with Crippen LogP contribution in [0.5, 0.6) is 5.75 Å². The Labute approximate surface area is 184 Å². The highest BCUT2D eigenvalue weighted by molar-refractivity contribution is 6.32. The molecule has 6 heteroatoms. The molecule has 2 aromatic carbocycles. The van der Waals surface area contributed by atoms with Gasteiger partial charge in [-0.05, 0) is 42.5 Å². The zero-order valence-corrected chi connectivity index (χ0v) is 18.9. The fourth-order valence-electron chi connectivity index (χ4n) is 3.10. The van der Waals surface area contributed by atoms with E-state index in [1.54, 1.807) is 29.2 Å². The molecule has 0 saturated carbocycles. The monoisotopic (exact) mass is 430 g/mol. The van der Waals surface area contributed by atoms with Gasteiger partial charge in [-0.3, -0.25) is 9.59 Å². The number of rotatable bonds is 10. The molecule has 0 aromatic heterocycles. The van der Waals surface area contributed by atoms with Crippen LogP contribution in [0.15, 0.2) is 48.5 Å². The highest BCUT2D eigenvalue weighted by atomic mass is 35.5. The second-order valence-electron chi connectivity index (χ2n) is 7.73. The molecule has 2 rings (SSSR count). The number of hydrogen-bond acceptors (Lipinski definition) is 3. The Kier molecular flexibility index (Phi) is 9.18. The molecule has 5 nitrogen and oxygen atoms in total. The molecule has 0 fully saturated rings. The molecule has 1 atom stereocenters. The van der Waals surface area contributed by atoms with E-state index in [0.717, 1.165) is 11.1 Å². The average Bonchev–Trinajstić information content (AvgIpc) is 2.72. The molecule has 0 aliphatic carbocycles. The molecule has 0 aliphatic heterocycles. The highest BCUT2D eigenvalue weighted by Crippen LogP contribution is 2.23. The van der Waals surface area contributed by atoms with Crippen molar-refractivity contribution in [2.24, 2.45) is 5.92 Å². The third kappa shape index (κ3) is 6.77. The fourth-order valence-corrected chi connectivity index (χ4v) is 3.29. The van der Waals surface area contributed by atoms with Crippen LogP contribution < -0.4 is 10.1 Å². The maximum absolute atomic E-state index is 13.2. The summed E-state index contributed by atoms with van der Waals surface area (Å²) in [5.74, 6) is 0.367. The lowest BCUT2D eigenvalue weighted by atomic mass is 10.1. The molecule has 0 aliphatic rings. The molecular formula is C24H31ClN2O3. The van der Waals surface area contributed by atoms with Gasteiger partial charge in [-0.2, -0.15) is 0 Å². The van der Waals surface area contributed by atoms with Gasteiger partial charge in [0.15, 0.2) is 6.61 Å². The van der Waals surface area contributed by atoms with Crippen molar-refractivity contribution in [2.75, 3.05) is 13.2 Å². The van der Waals surface area contributed by atoms with Gasteiger partial charge in [0, 0.05) is 13.1 Å². The van der Waals surface area contributed by atoms with Gasteiger partial charge in [0.1, 0.15) is 11.8 Å². The van der Waals surface area contributed by atoms with Gasteiger partial charge in [-0.1, -0.05) is 68.8 Å². The second kappa shape index (κ2) is 11.6. The Morgan fingerprint density at radius 1 is 1.10 bits per heavy atom. The summed E-state index contributed by atoms with van der Waals surface area (Å²) in [6, 6.07) is 14.3. The van der Waals surface area contributed by atoms with Crippen molar-refractivity contribution in [1.29, 1.82) is 0 Å². The smallest absolute Gasteiger partial charge is 0.261 e. The van der Waals surface area contributed by atoms with Gasteiger partial charge in [0.25, 0.3) is 5.91 Å². The highest BCUT2D eigenvalue weighted by Gasteiger charge is 2.29. The number of carbonyl (C=O) groups excluding carboxylic acids is 2. The molecule has 2 aromatic rings. The van der Waals surface area contributed by atoms with Crippen LogP contribution in [0.2, 0.25) is 5.02 Å². The van der Waals surface area contributed by atoms with E-state index in [1.165, 1.54) is 0 Å². The Balaban J connectivity index is 2.22. The van der Waals surface area contributed by atoms with Gasteiger partial charge in [0.2, 0.25) is 5.91 Å². The number of hydrogen-bond donors (Lipinski definition) is 1. The van der Waals surface area contributed by atoms with Crippen molar-refractivity contribution < 1.29 is 14.3 Å². The van der Waals surface area contributed by atoms with E-state index >= 15 is 0 Å². The first-order valence-electron chi connectivity index (χ1n) is 10.3. The SMILES string of the molecule is CC[C@@H](C(=O)NCC(C)C)N(Cc1ccccc1C)C(=O)COc1ccccc1Cl. The van der Waals surface area contributed by atoms with Crippen LogP contribution >= 0.6 is 11.6 Å². The third-order valence-corrected chi connectivity index (χ3v) is 5.17. The van der Waals surface area contributed by atoms with Gasteiger partial charge < -0.3 is 15.0 Å². The van der Waals surface area contributed by atoms with Crippen LogP contribution in [0.4, 0.5) is 0 Å².